The van der Waals surface area contributed by atoms with Crippen molar-refractivity contribution in [3.05, 3.63) is 60.0 Å². The van der Waals surface area contributed by atoms with Crippen LogP contribution in [0.15, 0.2) is 60.0 Å². The lowest BCUT2D eigenvalue weighted by molar-refractivity contribution is -0.116. The molecule has 1 aromatic heterocycles. The second-order valence-corrected chi connectivity index (χ2v) is 6.30. The third-order valence-electron chi connectivity index (χ3n) is 3.54. The molecule has 0 atom stereocenters. The van der Waals surface area contributed by atoms with Crippen molar-refractivity contribution in [3.63, 3.8) is 0 Å². The molecule has 0 radical (unpaired) electrons. The zero-order valence-electron chi connectivity index (χ0n) is 13.6. The third-order valence-corrected chi connectivity index (χ3v) is 4.30. The Morgan fingerprint density at radius 1 is 1.12 bits per heavy atom. The zero-order valence-corrected chi connectivity index (χ0v) is 14.5. The van der Waals surface area contributed by atoms with Gasteiger partial charge in [-0.3, -0.25) is 4.79 Å². The lowest BCUT2D eigenvalue weighted by atomic mass is 10.2. The number of anilines is 2. The SMILES string of the molecule is Nc1ccccc1OCCCC(=O)Nc1nc(-c2ccccc2)cs1. The van der Waals surface area contributed by atoms with Crippen LogP contribution in [0.3, 0.4) is 0 Å². The number of ether oxygens (including phenoxy) is 1. The van der Waals surface area contributed by atoms with Gasteiger partial charge in [-0.2, -0.15) is 0 Å². The van der Waals surface area contributed by atoms with Crippen LogP contribution in [0.5, 0.6) is 5.75 Å². The van der Waals surface area contributed by atoms with Crippen molar-refractivity contribution in [1.29, 1.82) is 0 Å². The number of nitrogens with one attached hydrogen (secondary N) is 1. The summed E-state index contributed by atoms with van der Waals surface area (Å²) >= 11 is 1.42. The Morgan fingerprint density at radius 2 is 1.88 bits per heavy atom. The molecule has 25 heavy (non-hydrogen) atoms. The van der Waals surface area contributed by atoms with Crippen LogP contribution in [0.2, 0.25) is 0 Å². The van der Waals surface area contributed by atoms with E-state index in [-0.39, 0.29) is 5.91 Å². The predicted molar refractivity (Wildman–Crippen MR) is 102 cm³/mol. The highest BCUT2D eigenvalue weighted by atomic mass is 32.1. The molecule has 3 aromatic rings. The van der Waals surface area contributed by atoms with E-state index >= 15 is 0 Å². The van der Waals surface area contributed by atoms with Gasteiger partial charge in [0.05, 0.1) is 18.0 Å². The summed E-state index contributed by atoms with van der Waals surface area (Å²) in [4.78, 5) is 16.5. The monoisotopic (exact) mass is 353 g/mol. The van der Waals surface area contributed by atoms with Crippen LogP contribution in [0.4, 0.5) is 10.8 Å². The van der Waals surface area contributed by atoms with Crippen LogP contribution in [0.25, 0.3) is 11.3 Å². The molecule has 1 heterocycles. The molecule has 0 unspecified atom stereocenters. The summed E-state index contributed by atoms with van der Waals surface area (Å²) in [6, 6.07) is 17.2. The van der Waals surface area contributed by atoms with Crippen LogP contribution in [-0.2, 0) is 4.79 Å². The minimum Gasteiger partial charge on any atom is -0.491 e. The quantitative estimate of drug-likeness (QED) is 0.493. The molecule has 0 aliphatic rings. The smallest absolute Gasteiger partial charge is 0.226 e. The van der Waals surface area contributed by atoms with E-state index in [1.54, 1.807) is 6.07 Å². The van der Waals surface area contributed by atoms with Crippen LogP contribution >= 0.6 is 11.3 Å². The van der Waals surface area contributed by atoms with E-state index in [1.807, 2.05) is 53.9 Å². The minimum atomic E-state index is -0.0707. The number of benzene rings is 2. The van der Waals surface area contributed by atoms with Gasteiger partial charge in [0.1, 0.15) is 5.75 Å². The molecule has 0 aliphatic heterocycles. The summed E-state index contributed by atoms with van der Waals surface area (Å²) < 4.78 is 5.58. The summed E-state index contributed by atoms with van der Waals surface area (Å²) in [5.41, 5.74) is 8.30. The van der Waals surface area contributed by atoms with Crippen LogP contribution < -0.4 is 15.8 Å². The molecule has 0 aliphatic carbocycles. The maximum Gasteiger partial charge on any atom is 0.226 e. The van der Waals surface area contributed by atoms with Crippen molar-refractivity contribution in [3.8, 4) is 17.0 Å². The maximum atomic E-state index is 12.0. The van der Waals surface area contributed by atoms with Gasteiger partial charge < -0.3 is 15.8 Å². The fourth-order valence-electron chi connectivity index (χ4n) is 2.28. The van der Waals surface area contributed by atoms with Gasteiger partial charge in [0.15, 0.2) is 5.13 Å². The fraction of sp³-hybridized carbons (Fsp3) is 0.158. The highest BCUT2D eigenvalue weighted by Crippen LogP contribution is 2.24. The fourth-order valence-corrected chi connectivity index (χ4v) is 3.02. The number of hydrogen-bond donors (Lipinski definition) is 2. The highest BCUT2D eigenvalue weighted by Gasteiger charge is 2.08. The van der Waals surface area contributed by atoms with Gasteiger partial charge in [0.2, 0.25) is 5.91 Å². The molecule has 0 spiro atoms. The molecular weight excluding hydrogens is 334 g/mol. The number of carbonyl (C=O) groups excluding carboxylic acids is 1. The molecule has 3 N–H and O–H groups in total. The first-order valence-corrected chi connectivity index (χ1v) is 8.88. The third kappa shape index (κ3) is 4.81. The first-order valence-electron chi connectivity index (χ1n) is 8.00. The van der Waals surface area contributed by atoms with E-state index in [4.69, 9.17) is 10.5 Å². The first kappa shape index (κ1) is 17.0. The number of para-hydroxylation sites is 2. The largest absolute Gasteiger partial charge is 0.491 e. The Hall–Kier alpha value is -2.86. The van der Waals surface area contributed by atoms with Crippen molar-refractivity contribution in [2.45, 2.75) is 12.8 Å². The van der Waals surface area contributed by atoms with Gasteiger partial charge in [-0.1, -0.05) is 42.5 Å². The predicted octanol–water partition coefficient (Wildman–Crippen LogP) is 4.19. The van der Waals surface area contributed by atoms with Gasteiger partial charge in [-0.05, 0) is 18.6 Å². The summed E-state index contributed by atoms with van der Waals surface area (Å²) in [6.45, 7) is 0.439. The van der Waals surface area contributed by atoms with Crippen molar-refractivity contribution in [2.75, 3.05) is 17.7 Å². The Morgan fingerprint density at radius 3 is 2.68 bits per heavy atom. The number of thiazole rings is 1. The van der Waals surface area contributed by atoms with E-state index in [0.29, 0.717) is 36.0 Å². The Labute approximate surface area is 150 Å². The Bertz CT molecular complexity index is 833. The normalized spacial score (nSPS) is 10.4. The van der Waals surface area contributed by atoms with Crippen LogP contribution in [0.1, 0.15) is 12.8 Å². The van der Waals surface area contributed by atoms with E-state index in [2.05, 4.69) is 10.3 Å². The Balaban J connectivity index is 1.44. The average Bonchev–Trinajstić information content (AvgIpc) is 3.09. The maximum absolute atomic E-state index is 12.0. The zero-order chi connectivity index (χ0) is 17.5. The second kappa shape index (κ2) is 8.30. The molecule has 0 bridgehead atoms. The molecule has 0 saturated carbocycles. The van der Waals surface area contributed by atoms with Crippen molar-refractivity contribution in [2.24, 2.45) is 0 Å². The molecule has 5 nitrogen and oxygen atoms in total. The summed E-state index contributed by atoms with van der Waals surface area (Å²) in [6.07, 6.45) is 0.976. The molecule has 0 fully saturated rings. The van der Waals surface area contributed by atoms with Crippen molar-refractivity contribution < 1.29 is 9.53 Å². The van der Waals surface area contributed by atoms with Crippen LogP contribution in [0, 0.1) is 0 Å². The van der Waals surface area contributed by atoms with E-state index in [1.165, 1.54) is 11.3 Å². The number of nitrogen functional groups attached to an aromatic ring is 1. The average molecular weight is 353 g/mol. The number of rotatable bonds is 7. The summed E-state index contributed by atoms with van der Waals surface area (Å²) in [7, 11) is 0. The molecule has 3 rings (SSSR count). The van der Waals surface area contributed by atoms with Gasteiger partial charge in [0, 0.05) is 17.4 Å². The van der Waals surface area contributed by atoms with Crippen LogP contribution in [-0.4, -0.2) is 17.5 Å². The standard InChI is InChI=1S/C19H19N3O2S/c20-15-9-4-5-10-17(15)24-12-6-11-18(23)22-19-21-16(13-25-19)14-7-2-1-3-8-14/h1-5,7-10,13H,6,11-12,20H2,(H,21,22,23). The lowest BCUT2D eigenvalue weighted by Crippen LogP contribution is -2.12. The van der Waals surface area contributed by atoms with Gasteiger partial charge in [-0.15, -0.1) is 11.3 Å². The van der Waals surface area contributed by atoms with Gasteiger partial charge in [-0.25, -0.2) is 4.98 Å². The number of carbonyl (C=O) groups is 1. The van der Waals surface area contributed by atoms with Crippen molar-refractivity contribution in [1.82, 2.24) is 4.98 Å². The highest BCUT2D eigenvalue weighted by molar-refractivity contribution is 7.14. The Kier molecular flexibility index (Phi) is 5.64. The van der Waals surface area contributed by atoms with Gasteiger partial charge >= 0.3 is 0 Å². The number of nitrogens with two attached hydrogens (primary N) is 1. The van der Waals surface area contributed by atoms with Crippen molar-refractivity contribution >= 4 is 28.1 Å². The van der Waals surface area contributed by atoms with E-state index in [9.17, 15) is 4.79 Å². The molecule has 0 saturated heterocycles. The molecule has 128 valence electrons. The minimum absolute atomic E-state index is 0.0707. The lowest BCUT2D eigenvalue weighted by Gasteiger charge is -2.08. The number of amides is 1. The van der Waals surface area contributed by atoms with E-state index in [0.717, 1.165) is 11.3 Å². The second-order valence-electron chi connectivity index (χ2n) is 5.44. The molecule has 2 aromatic carbocycles. The number of aromatic nitrogens is 1. The molecule has 1 amide bonds. The van der Waals surface area contributed by atoms with Gasteiger partial charge in [0.25, 0.3) is 0 Å². The topological polar surface area (TPSA) is 77.2 Å². The first-order chi connectivity index (χ1) is 12.2. The summed E-state index contributed by atoms with van der Waals surface area (Å²) in [5, 5.41) is 5.38. The molecule has 6 heteroatoms. The number of hydrogen-bond acceptors (Lipinski definition) is 5. The summed E-state index contributed by atoms with van der Waals surface area (Å²) in [5.74, 6) is 0.578. The molecular formula is C19H19N3O2S. The number of nitrogens with zero attached hydrogens (tertiary/aromatic N) is 1. The van der Waals surface area contributed by atoms with E-state index < -0.39 is 0 Å².